The van der Waals surface area contributed by atoms with Gasteiger partial charge in [-0.2, -0.15) is 4.98 Å². The van der Waals surface area contributed by atoms with Crippen LogP contribution >= 0.6 is 0 Å². The Balaban J connectivity index is 1.75. The zero-order chi connectivity index (χ0) is 15.7. The van der Waals surface area contributed by atoms with Crippen LogP contribution in [0, 0.1) is 5.92 Å². The van der Waals surface area contributed by atoms with Gasteiger partial charge in [0.2, 0.25) is 5.89 Å². The van der Waals surface area contributed by atoms with Crippen molar-refractivity contribution in [2.45, 2.75) is 31.3 Å². The van der Waals surface area contributed by atoms with Gasteiger partial charge >= 0.3 is 0 Å². The molecule has 0 saturated heterocycles. The van der Waals surface area contributed by atoms with Crippen LogP contribution in [0.1, 0.15) is 43.1 Å². The van der Waals surface area contributed by atoms with Gasteiger partial charge in [-0.05, 0) is 37.3 Å². The molecule has 0 unspecified atom stereocenters. The molecule has 2 aromatic rings. The summed E-state index contributed by atoms with van der Waals surface area (Å²) in [5.41, 5.74) is 5.96. The van der Waals surface area contributed by atoms with E-state index in [1.54, 1.807) is 0 Å². The van der Waals surface area contributed by atoms with Gasteiger partial charge in [0.25, 0.3) is 0 Å². The van der Waals surface area contributed by atoms with Gasteiger partial charge in [-0.25, -0.2) is 8.42 Å². The fourth-order valence-corrected chi connectivity index (χ4v) is 3.20. The van der Waals surface area contributed by atoms with Crippen LogP contribution in [0.25, 0.3) is 0 Å². The summed E-state index contributed by atoms with van der Waals surface area (Å²) in [6.45, 7) is 0. The average Bonchev–Trinajstić information content (AvgIpc) is 2.94. The van der Waals surface area contributed by atoms with E-state index in [4.69, 9.17) is 10.3 Å². The third kappa shape index (κ3) is 3.56. The van der Waals surface area contributed by atoms with Crippen LogP contribution in [0.15, 0.2) is 29.0 Å². The molecule has 1 fully saturated rings. The molecule has 8 heteroatoms. The number of hydrogen-bond donors (Lipinski definition) is 1. The molecule has 0 aliphatic heterocycles. The maximum absolute atomic E-state index is 11.2. The third-order valence-corrected chi connectivity index (χ3v) is 4.83. The first-order valence-electron chi connectivity index (χ1n) is 7.33. The zero-order valence-corrected chi connectivity index (χ0v) is 13.2. The highest BCUT2D eigenvalue weighted by atomic mass is 32.2. The topological polar surface area (TPSA) is 104 Å². The van der Waals surface area contributed by atoms with E-state index in [1.165, 1.54) is 6.26 Å². The van der Waals surface area contributed by atoms with E-state index >= 15 is 0 Å². The van der Waals surface area contributed by atoms with Crippen molar-refractivity contribution in [1.82, 2.24) is 14.7 Å². The molecular weight excluding hydrogens is 304 g/mol. The third-order valence-electron chi connectivity index (χ3n) is 3.86. The molecule has 120 valence electrons. The summed E-state index contributed by atoms with van der Waals surface area (Å²) in [4.78, 5) is 4.41. The highest BCUT2D eigenvalue weighted by Crippen LogP contribution is 2.42. The Morgan fingerprint density at radius 3 is 2.68 bits per heavy atom. The lowest BCUT2D eigenvalue weighted by atomic mass is 10.1. The molecular formula is C14H20N4O3S. The fourth-order valence-electron chi connectivity index (χ4n) is 2.52. The monoisotopic (exact) mass is 324 g/mol. The molecule has 2 N–H and O–H groups in total. The Bertz CT molecular complexity index is 719. The van der Waals surface area contributed by atoms with Gasteiger partial charge in [-0.1, -0.05) is 5.16 Å². The predicted octanol–water partition coefficient (Wildman–Crippen LogP) is 1.30. The number of rotatable bonds is 7. The quantitative estimate of drug-likeness (QED) is 0.823. The normalized spacial score (nSPS) is 18.3. The minimum atomic E-state index is -3.05. The van der Waals surface area contributed by atoms with Crippen LogP contribution in [-0.2, 0) is 9.84 Å². The van der Waals surface area contributed by atoms with Crippen LogP contribution in [0.3, 0.4) is 0 Å². The van der Waals surface area contributed by atoms with Gasteiger partial charge in [0.1, 0.15) is 9.84 Å². The SMILES string of the molecule is CS(=O)(=O)CC[C@H](N)c1nc([C@H](C2CC2)n2cccc2)no1. The van der Waals surface area contributed by atoms with Gasteiger partial charge in [-0.3, -0.25) is 0 Å². The van der Waals surface area contributed by atoms with Crippen molar-refractivity contribution in [3.8, 4) is 0 Å². The summed E-state index contributed by atoms with van der Waals surface area (Å²) >= 11 is 0. The second-order valence-corrected chi connectivity index (χ2v) is 8.19. The van der Waals surface area contributed by atoms with Crippen LogP contribution in [0.2, 0.25) is 0 Å². The van der Waals surface area contributed by atoms with Gasteiger partial charge in [0, 0.05) is 18.6 Å². The van der Waals surface area contributed by atoms with Crippen molar-refractivity contribution < 1.29 is 12.9 Å². The summed E-state index contributed by atoms with van der Waals surface area (Å²) in [6.07, 6.45) is 7.73. The Hall–Kier alpha value is -1.67. The van der Waals surface area contributed by atoms with Gasteiger partial charge < -0.3 is 14.8 Å². The zero-order valence-electron chi connectivity index (χ0n) is 12.4. The van der Waals surface area contributed by atoms with Crippen molar-refractivity contribution in [1.29, 1.82) is 0 Å². The van der Waals surface area contributed by atoms with Crippen LogP contribution in [-0.4, -0.2) is 35.1 Å². The summed E-state index contributed by atoms with van der Waals surface area (Å²) in [5.74, 6) is 1.44. The minimum absolute atomic E-state index is 0.00946. The highest BCUT2D eigenvalue weighted by Gasteiger charge is 2.36. The summed E-state index contributed by atoms with van der Waals surface area (Å²) in [5, 5.41) is 4.06. The van der Waals surface area contributed by atoms with Crippen molar-refractivity contribution in [3.05, 3.63) is 36.2 Å². The molecule has 1 saturated carbocycles. The van der Waals surface area contributed by atoms with Gasteiger partial charge in [0.05, 0.1) is 17.8 Å². The Labute approximate surface area is 129 Å². The van der Waals surface area contributed by atoms with Gasteiger partial charge in [0.15, 0.2) is 5.82 Å². The molecule has 0 radical (unpaired) electrons. The van der Waals surface area contributed by atoms with Crippen molar-refractivity contribution in [2.24, 2.45) is 11.7 Å². The fraction of sp³-hybridized carbons (Fsp3) is 0.571. The molecule has 3 rings (SSSR count). The van der Waals surface area contributed by atoms with E-state index in [1.807, 2.05) is 24.5 Å². The molecule has 1 aliphatic rings. The van der Waals surface area contributed by atoms with Crippen molar-refractivity contribution >= 4 is 9.84 Å². The van der Waals surface area contributed by atoms with Crippen LogP contribution in [0.5, 0.6) is 0 Å². The first kappa shape index (κ1) is 15.2. The molecule has 0 aromatic carbocycles. The predicted molar refractivity (Wildman–Crippen MR) is 80.8 cm³/mol. The van der Waals surface area contributed by atoms with E-state index in [0.717, 1.165) is 12.8 Å². The average molecular weight is 324 g/mol. The first-order chi connectivity index (χ1) is 10.4. The minimum Gasteiger partial charge on any atom is -0.343 e. The second-order valence-electron chi connectivity index (χ2n) is 5.93. The molecule has 1 aliphatic carbocycles. The molecule has 2 heterocycles. The standard InChI is InChI=1S/C14H20N4O3S/c1-22(19,20)9-6-11(15)14-16-13(17-21-14)12(10-4-5-10)18-7-2-3-8-18/h2-3,7-8,10-12H,4-6,9,15H2,1H3/t11-,12-/m0/s1. The van der Waals surface area contributed by atoms with E-state index in [2.05, 4.69) is 14.7 Å². The maximum atomic E-state index is 11.2. The van der Waals surface area contributed by atoms with Gasteiger partial charge in [-0.15, -0.1) is 0 Å². The van der Waals surface area contributed by atoms with E-state index in [0.29, 0.717) is 17.6 Å². The molecule has 7 nitrogen and oxygen atoms in total. The molecule has 0 bridgehead atoms. The van der Waals surface area contributed by atoms with Crippen LogP contribution in [0.4, 0.5) is 0 Å². The summed E-state index contributed by atoms with van der Waals surface area (Å²) in [6, 6.07) is 3.44. The molecule has 0 spiro atoms. The lowest BCUT2D eigenvalue weighted by molar-refractivity contribution is 0.341. The molecule has 22 heavy (non-hydrogen) atoms. The first-order valence-corrected chi connectivity index (χ1v) is 9.39. The molecule has 0 amide bonds. The van der Waals surface area contributed by atoms with Crippen molar-refractivity contribution in [2.75, 3.05) is 12.0 Å². The van der Waals surface area contributed by atoms with E-state index in [9.17, 15) is 8.42 Å². The maximum Gasteiger partial charge on any atom is 0.243 e. The number of nitrogens with zero attached hydrogens (tertiary/aromatic N) is 3. The number of nitrogens with two attached hydrogens (primary N) is 1. The number of sulfone groups is 1. The number of aromatic nitrogens is 3. The largest absolute Gasteiger partial charge is 0.343 e. The van der Waals surface area contributed by atoms with E-state index < -0.39 is 15.9 Å². The summed E-state index contributed by atoms with van der Waals surface area (Å²) in [7, 11) is -3.05. The second kappa shape index (κ2) is 5.85. The smallest absolute Gasteiger partial charge is 0.243 e. The lowest BCUT2D eigenvalue weighted by Crippen LogP contribution is -2.17. The Kier molecular flexibility index (Phi) is 4.05. The summed E-state index contributed by atoms with van der Waals surface area (Å²) < 4.78 is 29.7. The van der Waals surface area contributed by atoms with Crippen LogP contribution < -0.4 is 5.73 Å². The Morgan fingerprint density at radius 2 is 2.09 bits per heavy atom. The Morgan fingerprint density at radius 1 is 1.41 bits per heavy atom. The highest BCUT2D eigenvalue weighted by molar-refractivity contribution is 7.90. The lowest BCUT2D eigenvalue weighted by Gasteiger charge is -2.14. The molecule has 2 aromatic heterocycles. The number of hydrogen-bond acceptors (Lipinski definition) is 6. The van der Waals surface area contributed by atoms with E-state index in [-0.39, 0.29) is 18.2 Å². The van der Waals surface area contributed by atoms with Crippen molar-refractivity contribution in [3.63, 3.8) is 0 Å². The molecule has 2 atom stereocenters.